The standard InChI is InChI=1S/C22H20ClN5/c1-27-20(16-3-9-19(10-4-16)28-14-13-24-15-28)25-26-21(27)22(11-2-12-22)17-5-7-18(23)8-6-17/h3-10,13-15H,2,11-12H2,1H3. The van der Waals surface area contributed by atoms with Crippen molar-refractivity contribution in [3.63, 3.8) is 0 Å². The van der Waals surface area contributed by atoms with Gasteiger partial charge in [0.05, 0.1) is 11.7 Å². The van der Waals surface area contributed by atoms with Crippen LogP contribution in [0.3, 0.4) is 0 Å². The normalized spacial score (nSPS) is 15.4. The number of imidazole rings is 1. The molecule has 2 aromatic heterocycles. The lowest BCUT2D eigenvalue weighted by Crippen LogP contribution is -2.38. The van der Waals surface area contributed by atoms with E-state index < -0.39 is 0 Å². The van der Waals surface area contributed by atoms with Crippen LogP contribution in [0, 0.1) is 0 Å². The first-order valence-electron chi connectivity index (χ1n) is 9.42. The van der Waals surface area contributed by atoms with Crippen LogP contribution < -0.4 is 0 Å². The molecule has 1 saturated carbocycles. The molecule has 0 radical (unpaired) electrons. The lowest BCUT2D eigenvalue weighted by molar-refractivity contribution is 0.278. The summed E-state index contributed by atoms with van der Waals surface area (Å²) in [6.45, 7) is 0. The van der Waals surface area contributed by atoms with Crippen LogP contribution >= 0.6 is 11.6 Å². The highest BCUT2D eigenvalue weighted by Gasteiger charge is 2.44. The van der Waals surface area contributed by atoms with Gasteiger partial charge >= 0.3 is 0 Å². The molecule has 0 aliphatic heterocycles. The third-order valence-corrected chi connectivity index (χ3v) is 6.09. The van der Waals surface area contributed by atoms with Gasteiger partial charge in [-0.25, -0.2) is 4.98 Å². The molecule has 1 aliphatic carbocycles. The van der Waals surface area contributed by atoms with Crippen LogP contribution in [0.25, 0.3) is 17.1 Å². The minimum Gasteiger partial charge on any atom is -0.313 e. The Morgan fingerprint density at radius 3 is 2.32 bits per heavy atom. The first-order valence-corrected chi connectivity index (χ1v) is 9.80. The molecule has 0 unspecified atom stereocenters. The molecule has 0 atom stereocenters. The summed E-state index contributed by atoms with van der Waals surface area (Å²) >= 11 is 6.10. The van der Waals surface area contributed by atoms with E-state index in [2.05, 4.69) is 63.2 Å². The van der Waals surface area contributed by atoms with E-state index in [1.165, 1.54) is 12.0 Å². The van der Waals surface area contributed by atoms with E-state index in [4.69, 9.17) is 11.6 Å². The fourth-order valence-electron chi connectivity index (χ4n) is 4.13. The third kappa shape index (κ3) is 2.66. The molecule has 6 heteroatoms. The number of hydrogen-bond acceptors (Lipinski definition) is 3. The first-order chi connectivity index (χ1) is 13.7. The number of hydrogen-bond donors (Lipinski definition) is 0. The lowest BCUT2D eigenvalue weighted by Gasteiger charge is -2.41. The number of rotatable bonds is 4. The minimum absolute atomic E-state index is 0.0681. The Bertz CT molecular complexity index is 1090. The van der Waals surface area contributed by atoms with Gasteiger partial charge in [0.25, 0.3) is 0 Å². The Morgan fingerprint density at radius 1 is 0.964 bits per heavy atom. The van der Waals surface area contributed by atoms with Crippen LogP contribution in [0.4, 0.5) is 0 Å². The van der Waals surface area contributed by atoms with Crippen molar-refractivity contribution in [3.8, 4) is 17.1 Å². The number of nitrogens with zero attached hydrogens (tertiary/aromatic N) is 5. The Balaban J connectivity index is 1.51. The zero-order valence-corrected chi connectivity index (χ0v) is 16.3. The summed E-state index contributed by atoms with van der Waals surface area (Å²) in [6.07, 6.45) is 8.87. The monoisotopic (exact) mass is 389 g/mol. The summed E-state index contributed by atoms with van der Waals surface area (Å²) in [4.78, 5) is 4.10. The molecule has 2 aromatic carbocycles. The van der Waals surface area contributed by atoms with Crippen molar-refractivity contribution >= 4 is 11.6 Å². The fourth-order valence-corrected chi connectivity index (χ4v) is 4.26. The molecule has 5 nitrogen and oxygen atoms in total. The molecule has 0 N–H and O–H groups in total. The lowest BCUT2D eigenvalue weighted by atomic mass is 9.64. The van der Waals surface area contributed by atoms with Gasteiger partial charge in [-0.3, -0.25) is 0 Å². The van der Waals surface area contributed by atoms with Gasteiger partial charge in [0.15, 0.2) is 5.82 Å². The average molecular weight is 390 g/mol. The second-order valence-corrected chi connectivity index (χ2v) is 7.80. The fraction of sp³-hybridized carbons (Fsp3) is 0.227. The van der Waals surface area contributed by atoms with Gasteiger partial charge in [0, 0.05) is 35.7 Å². The summed E-state index contributed by atoms with van der Waals surface area (Å²) in [7, 11) is 2.06. The molecule has 0 spiro atoms. The van der Waals surface area contributed by atoms with Crippen molar-refractivity contribution in [2.24, 2.45) is 7.05 Å². The molecule has 0 bridgehead atoms. The van der Waals surface area contributed by atoms with Gasteiger partial charge < -0.3 is 9.13 Å². The predicted octanol–water partition coefficient (Wildman–Crippen LogP) is 4.79. The number of aromatic nitrogens is 5. The van der Waals surface area contributed by atoms with E-state index in [0.717, 1.165) is 40.8 Å². The van der Waals surface area contributed by atoms with Gasteiger partial charge in [0.2, 0.25) is 0 Å². The van der Waals surface area contributed by atoms with Crippen molar-refractivity contribution in [3.05, 3.63) is 83.7 Å². The van der Waals surface area contributed by atoms with Gasteiger partial charge in [0.1, 0.15) is 5.82 Å². The molecule has 140 valence electrons. The Labute approximate surface area is 168 Å². The van der Waals surface area contributed by atoms with Crippen LogP contribution in [-0.4, -0.2) is 24.3 Å². The Morgan fingerprint density at radius 2 is 1.71 bits per heavy atom. The molecule has 4 aromatic rings. The van der Waals surface area contributed by atoms with Crippen LogP contribution in [0.1, 0.15) is 30.7 Å². The second-order valence-electron chi connectivity index (χ2n) is 7.37. The molecule has 5 rings (SSSR count). The smallest absolute Gasteiger partial charge is 0.163 e. The van der Waals surface area contributed by atoms with E-state index in [-0.39, 0.29) is 5.41 Å². The summed E-state index contributed by atoms with van der Waals surface area (Å²) in [5, 5.41) is 9.92. The first kappa shape index (κ1) is 17.2. The molecule has 0 saturated heterocycles. The molecule has 2 heterocycles. The molecular formula is C22H20ClN5. The second kappa shape index (κ2) is 6.60. The van der Waals surface area contributed by atoms with Gasteiger partial charge in [-0.15, -0.1) is 10.2 Å². The van der Waals surface area contributed by atoms with Crippen molar-refractivity contribution in [1.82, 2.24) is 24.3 Å². The van der Waals surface area contributed by atoms with Crippen molar-refractivity contribution < 1.29 is 0 Å². The molecular weight excluding hydrogens is 370 g/mol. The maximum atomic E-state index is 6.10. The Kier molecular flexibility index (Phi) is 4.05. The topological polar surface area (TPSA) is 48.5 Å². The van der Waals surface area contributed by atoms with E-state index in [0.29, 0.717) is 0 Å². The quantitative estimate of drug-likeness (QED) is 0.504. The highest BCUT2D eigenvalue weighted by atomic mass is 35.5. The zero-order valence-electron chi connectivity index (χ0n) is 15.6. The van der Waals surface area contributed by atoms with Crippen molar-refractivity contribution in [2.45, 2.75) is 24.7 Å². The van der Waals surface area contributed by atoms with E-state index in [1.54, 1.807) is 12.5 Å². The molecule has 0 amide bonds. The van der Waals surface area contributed by atoms with Gasteiger partial charge in [-0.1, -0.05) is 30.2 Å². The largest absolute Gasteiger partial charge is 0.313 e. The molecule has 1 aliphatic rings. The summed E-state index contributed by atoms with van der Waals surface area (Å²) in [6, 6.07) is 16.5. The maximum absolute atomic E-state index is 6.10. The van der Waals surface area contributed by atoms with E-state index in [9.17, 15) is 0 Å². The zero-order chi connectivity index (χ0) is 19.1. The molecule has 1 fully saturated rings. The van der Waals surface area contributed by atoms with Crippen LogP contribution in [0.15, 0.2) is 67.3 Å². The predicted molar refractivity (Wildman–Crippen MR) is 110 cm³/mol. The highest BCUT2D eigenvalue weighted by Crippen LogP contribution is 2.48. The number of halogens is 1. The number of benzene rings is 2. The van der Waals surface area contributed by atoms with E-state index in [1.807, 2.05) is 22.9 Å². The van der Waals surface area contributed by atoms with Gasteiger partial charge in [-0.2, -0.15) is 0 Å². The van der Waals surface area contributed by atoms with Gasteiger partial charge in [-0.05, 0) is 54.8 Å². The van der Waals surface area contributed by atoms with E-state index >= 15 is 0 Å². The SMILES string of the molecule is Cn1c(-c2ccc(-n3ccnc3)cc2)nnc1C1(c2ccc(Cl)cc2)CCC1. The van der Waals surface area contributed by atoms with Crippen LogP contribution in [0.5, 0.6) is 0 Å². The highest BCUT2D eigenvalue weighted by molar-refractivity contribution is 6.30. The van der Waals surface area contributed by atoms with Crippen molar-refractivity contribution in [1.29, 1.82) is 0 Å². The summed E-state index contributed by atoms with van der Waals surface area (Å²) < 4.78 is 4.12. The third-order valence-electron chi connectivity index (χ3n) is 5.83. The summed E-state index contributed by atoms with van der Waals surface area (Å²) in [5.74, 6) is 1.90. The molecule has 28 heavy (non-hydrogen) atoms. The van der Waals surface area contributed by atoms with Crippen LogP contribution in [0.2, 0.25) is 5.02 Å². The minimum atomic E-state index is -0.0681. The Hall–Kier alpha value is -2.92. The van der Waals surface area contributed by atoms with Crippen molar-refractivity contribution in [2.75, 3.05) is 0 Å². The maximum Gasteiger partial charge on any atom is 0.163 e. The summed E-state index contributed by atoms with van der Waals surface area (Å²) in [5.41, 5.74) is 3.32. The average Bonchev–Trinajstić information content (AvgIpc) is 3.34. The van der Waals surface area contributed by atoms with Crippen LogP contribution in [-0.2, 0) is 12.5 Å².